The highest BCUT2D eigenvalue weighted by Crippen LogP contribution is 2.30. The lowest BCUT2D eigenvalue weighted by molar-refractivity contribution is -0.147. The van der Waals surface area contributed by atoms with Crippen LogP contribution in [-0.2, 0) is 9.53 Å². The van der Waals surface area contributed by atoms with E-state index in [9.17, 15) is 4.79 Å². The van der Waals surface area contributed by atoms with E-state index in [1.165, 1.54) is 39.3 Å². The van der Waals surface area contributed by atoms with Gasteiger partial charge in [0.15, 0.2) is 0 Å². The second-order valence-electron chi connectivity index (χ2n) is 5.78. The van der Waals surface area contributed by atoms with Crippen molar-refractivity contribution in [2.75, 3.05) is 20.2 Å². The van der Waals surface area contributed by atoms with Gasteiger partial charge in [-0.15, -0.1) is 0 Å². The van der Waals surface area contributed by atoms with Gasteiger partial charge in [0, 0.05) is 12.6 Å². The Kier molecular flexibility index (Phi) is 4.43. The number of ether oxygens (including phenoxy) is 1. The van der Waals surface area contributed by atoms with E-state index in [0.29, 0.717) is 6.04 Å². The molecule has 0 spiro atoms. The van der Waals surface area contributed by atoms with Crippen molar-refractivity contribution in [1.29, 1.82) is 0 Å². The van der Waals surface area contributed by atoms with Crippen LogP contribution in [0, 0.1) is 11.8 Å². The van der Waals surface area contributed by atoms with Gasteiger partial charge in [-0.25, -0.2) is 0 Å². The summed E-state index contributed by atoms with van der Waals surface area (Å²) >= 11 is 0. The summed E-state index contributed by atoms with van der Waals surface area (Å²) in [4.78, 5) is 14.2. The largest absolute Gasteiger partial charge is 0.469 e. The highest BCUT2D eigenvalue weighted by Gasteiger charge is 2.31. The zero-order valence-corrected chi connectivity index (χ0v) is 11.2. The van der Waals surface area contributed by atoms with Gasteiger partial charge in [0.05, 0.1) is 13.0 Å². The van der Waals surface area contributed by atoms with Crippen LogP contribution in [0.15, 0.2) is 0 Å². The molecule has 2 aliphatic rings. The molecule has 0 aromatic rings. The number of methoxy groups -OCH3 is 1. The first-order valence-corrected chi connectivity index (χ1v) is 7.02. The predicted molar refractivity (Wildman–Crippen MR) is 67.7 cm³/mol. The third-order valence-corrected chi connectivity index (χ3v) is 4.41. The molecule has 0 aromatic carbocycles. The van der Waals surface area contributed by atoms with Crippen LogP contribution in [0.25, 0.3) is 0 Å². The lowest BCUT2D eigenvalue weighted by Gasteiger charge is -2.40. The summed E-state index contributed by atoms with van der Waals surface area (Å²) in [6, 6.07) is 0.714. The van der Waals surface area contributed by atoms with E-state index < -0.39 is 0 Å². The summed E-state index contributed by atoms with van der Waals surface area (Å²) in [6.07, 6.45) is 7.51. The van der Waals surface area contributed by atoms with Crippen molar-refractivity contribution in [3.05, 3.63) is 0 Å². The summed E-state index contributed by atoms with van der Waals surface area (Å²) in [5.74, 6) is 0.955. The van der Waals surface area contributed by atoms with Crippen LogP contribution in [0.3, 0.4) is 0 Å². The lowest BCUT2D eigenvalue weighted by atomic mass is 9.84. The van der Waals surface area contributed by atoms with Crippen molar-refractivity contribution < 1.29 is 9.53 Å². The van der Waals surface area contributed by atoms with Crippen LogP contribution in [0.2, 0.25) is 0 Å². The van der Waals surface area contributed by atoms with Crippen LogP contribution in [-0.4, -0.2) is 37.1 Å². The Morgan fingerprint density at radius 2 is 2.06 bits per heavy atom. The molecule has 0 N–H and O–H groups in total. The maximum atomic E-state index is 11.6. The maximum Gasteiger partial charge on any atom is 0.309 e. The molecule has 3 heteroatoms. The van der Waals surface area contributed by atoms with Gasteiger partial charge >= 0.3 is 5.97 Å². The minimum Gasteiger partial charge on any atom is -0.469 e. The number of carbonyl (C=O) groups excluding carboxylic acids is 1. The molecule has 0 amide bonds. The molecule has 3 atom stereocenters. The van der Waals surface area contributed by atoms with Crippen molar-refractivity contribution >= 4 is 5.97 Å². The molecule has 1 saturated heterocycles. The smallest absolute Gasteiger partial charge is 0.309 e. The quantitative estimate of drug-likeness (QED) is 0.693. The number of hydrogen-bond donors (Lipinski definition) is 0. The summed E-state index contributed by atoms with van der Waals surface area (Å²) in [5, 5.41) is 0. The Morgan fingerprint density at radius 3 is 2.76 bits per heavy atom. The van der Waals surface area contributed by atoms with E-state index in [-0.39, 0.29) is 11.9 Å². The fourth-order valence-electron chi connectivity index (χ4n) is 3.43. The van der Waals surface area contributed by atoms with Gasteiger partial charge < -0.3 is 4.74 Å². The van der Waals surface area contributed by atoms with E-state index in [2.05, 4.69) is 11.8 Å². The van der Waals surface area contributed by atoms with Crippen LogP contribution < -0.4 is 0 Å². The number of esters is 1. The van der Waals surface area contributed by atoms with Crippen molar-refractivity contribution in [2.45, 2.75) is 51.5 Å². The molecule has 1 aliphatic carbocycles. The van der Waals surface area contributed by atoms with Crippen molar-refractivity contribution in [1.82, 2.24) is 4.90 Å². The molecule has 2 rings (SSSR count). The molecule has 98 valence electrons. The van der Waals surface area contributed by atoms with Gasteiger partial charge in [0.2, 0.25) is 0 Å². The molecule has 1 aliphatic heterocycles. The van der Waals surface area contributed by atoms with E-state index in [4.69, 9.17) is 4.74 Å². The summed E-state index contributed by atoms with van der Waals surface area (Å²) < 4.78 is 4.88. The van der Waals surface area contributed by atoms with Gasteiger partial charge in [-0.05, 0) is 38.1 Å². The Balaban J connectivity index is 1.90. The van der Waals surface area contributed by atoms with Gasteiger partial charge in [0.25, 0.3) is 0 Å². The van der Waals surface area contributed by atoms with E-state index in [1.807, 2.05) is 0 Å². The fourth-order valence-corrected chi connectivity index (χ4v) is 3.43. The summed E-state index contributed by atoms with van der Waals surface area (Å²) in [7, 11) is 1.50. The van der Waals surface area contributed by atoms with E-state index in [1.54, 1.807) is 0 Å². The lowest BCUT2D eigenvalue weighted by Crippen LogP contribution is -2.46. The van der Waals surface area contributed by atoms with Crippen LogP contribution >= 0.6 is 0 Å². The number of likely N-dealkylation sites (tertiary alicyclic amines) is 1. The maximum absolute atomic E-state index is 11.6. The van der Waals surface area contributed by atoms with Crippen LogP contribution in [0.5, 0.6) is 0 Å². The summed E-state index contributed by atoms with van der Waals surface area (Å²) in [6.45, 7) is 4.45. The molecule has 0 bridgehead atoms. The fraction of sp³-hybridized carbons (Fsp3) is 0.929. The van der Waals surface area contributed by atoms with E-state index >= 15 is 0 Å². The number of rotatable bonds is 2. The first-order valence-electron chi connectivity index (χ1n) is 7.02. The number of hydrogen-bond acceptors (Lipinski definition) is 3. The second kappa shape index (κ2) is 5.85. The van der Waals surface area contributed by atoms with Gasteiger partial charge in [0.1, 0.15) is 0 Å². The van der Waals surface area contributed by atoms with Crippen molar-refractivity contribution in [3.8, 4) is 0 Å². The van der Waals surface area contributed by atoms with Crippen LogP contribution in [0.4, 0.5) is 0 Å². The Bertz CT molecular complexity index is 267. The molecule has 17 heavy (non-hydrogen) atoms. The first-order chi connectivity index (χ1) is 8.20. The van der Waals surface area contributed by atoms with Gasteiger partial charge in [-0.1, -0.05) is 19.8 Å². The molecule has 1 heterocycles. The van der Waals surface area contributed by atoms with Gasteiger partial charge in [-0.3, -0.25) is 9.69 Å². The van der Waals surface area contributed by atoms with Crippen LogP contribution in [0.1, 0.15) is 45.4 Å². The molecule has 0 aromatic heterocycles. The minimum atomic E-state index is -0.0152. The van der Waals surface area contributed by atoms with Crippen molar-refractivity contribution in [3.63, 3.8) is 0 Å². The molecule has 2 fully saturated rings. The Morgan fingerprint density at radius 1 is 1.24 bits per heavy atom. The third-order valence-electron chi connectivity index (χ3n) is 4.41. The minimum absolute atomic E-state index is 0.0152. The number of carbonyl (C=O) groups is 1. The Hall–Kier alpha value is -0.570. The topological polar surface area (TPSA) is 29.5 Å². The van der Waals surface area contributed by atoms with Crippen molar-refractivity contribution in [2.24, 2.45) is 11.8 Å². The van der Waals surface area contributed by atoms with Gasteiger partial charge in [-0.2, -0.15) is 0 Å². The first kappa shape index (κ1) is 12.9. The molecule has 0 radical (unpaired) electrons. The molecule has 2 unspecified atom stereocenters. The zero-order valence-electron chi connectivity index (χ0n) is 11.2. The number of piperidine rings is 1. The average Bonchev–Trinajstić information content (AvgIpc) is 2.38. The Labute approximate surface area is 105 Å². The second-order valence-corrected chi connectivity index (χ2v) is 5.78. The predicted octanol–water partition coefficient (Wildman–Crippen LogP) is 2.45. The molecule has 3 nitrogen and oxygen atoms in total. The SMILES string of the molecule is COC(=O)[C@H]1CCCN(C2CCCC(C)C2)C1. The number of nitrogens with zero attached hydrogens (tertiary/aromatic N) is 1. The van der Waals surface area contributed by atoms with E-state index in [0.717, 1.165) is 25.3 Å². The standard InChI is InChI=1S/C14H25NO2/c1-11-5-3-7-13(9-11)15-8-4-6-12(10-15)14(16)17-2/h11-13H,3-10H2,1-2H3/t11?,12-,13?/m0/s1. The normalized spacial score (nSPS) is 35.5. The monoisotopic (exact) mass is 239 g/mol. The molecular formula is C14H25NO2. The molecule has 1 saturated carbocycles. The zero-order chi connectivity index (χ0) is 12.3. The third kappa shape index (κ3) is 3.21. The average molecular weight is 239 g/mol. The summed E-state index contributed by atoms with van der Waals surface area (Å²) in [5.41, 5.74) is 0. The molecular weight excluding hydrogens is 214 g/mol. The highest BCUT2D eigenvalue weighted by atomic mass is 16.5. The highest BCUT2D eigenvalue weighted by molar-refractivity contribution is 5.72.